The summed E-state index contributed by atoms with van der Waals surface area (Å²) < 4.78 is 9.72. The molecule has 0 amide bonds. The van der Waals surface area contributed by atoms with Crippen LogP contribution in [0.4, 0.5) is 0 Å². The molecule has 0 radical (unpaired) electrons. The summed E-state index contributed by atoms with van der Waals surface area (Å²) in [6, 6.07) is 0.692. The second-order valence-electron chi connectivity index (χ2n) is 10.8. The minimum Gasteiger partial charge on any atom is -0.466 e. The van der Waals surface area contributed by atoms with Crippen molar-refractivity contribution in [1.29, 1.82) is 0 Å². The maximum atomic E-state index is 10.7. The highest BCUT2D eigenvalue weighted by atomic mass is 16.5. The fraction of sp³-hybridized carbons (Fsp3) is 0.931. The number of aliphatic hydroxyl groups excluding tert-OH is 1. The van der Waals surface area contributed by atoms with Gasteiger partial charge in [0.1, 0.15) is 0 Å². The molecule has 1 aliphatic rings. The van der Waals surface area contributed by atoms with E-state index in [0.717, 1.165) is 38.6 Å². The van der Waals surface area contributed by atoms with E-state index in [0.29, 0.717) is 49.3 Å². The Bertz CT molecular complexity index is 528. The lowest BCUT2D eigenvalue weighted by Crippen LogP contribution is -2.47. The topological polar surface area (TPSA) is 96.9 Å². The number of carbonyl (C=O) groups is 2. The van der Waals surface area contributed by atoms with Crippen molar-refractivity contribution in [2.75, 3.05) is 40.5 Å². The van der Waals surface area contributed by atoms with E-state index in [1.165, 1.54) is 19.3 Å². The van der Waals surface area contributed by atoms with E-state index in [1.807, 2.05) is 13.8 Å². The summed E-state index contributed by atoms with van der Waals surface area (Å²) in [7, 11) is 4.15. The number of hydrogen-bond donors (Lipinski definition) is 3. The molecule has 36 heavy (non-hydrogen) atoms. The van der Waals surface area contributed by atoms with Crippen LogP contribution >= 0.6 is 0 Å². The van der Waals surface area contributed by atoms with Crippen LogP contribution in [0.5, 0.6) is 0 Å². The second-order valence-corrected chi connectivity index (χ2v) is 10.8. The van der Waals surface area contributed by atoms with Gasteiger partial charge in [0.2, 0.25) is 0 Å². The van der Waals surface area contributed by atoms with Gasteiger partial charge in [-0.2, -0.15) is 0 Å². The molecule has 0 saturated heterocycles. The van der Waals surface area contributed by atoms with E-state index in [-0.39, 0.29) is 26.0 Å². The number of ether oxygens (including phenoxy) is 2. The Morgan fingerprint density at radius 3 is 1.81 bits per heavy atom. The Morgan fingerprint density at radius 1 is 0.861 bits per heavy atom. The minimum atomic E-state index is -0.134. The van der Waals surface area contributed by atoms with Gasteiger partial charge in [0.15, 0.2) is 0 Å². The van der Waals surface area contributed by atoms with Gasteiger partial charge < -0.3 is 25.2 Å². The van der Waals surface area contributed by atoms with Crippen LogP contribution in [0, 0.1) is 10.8 Å². The van der Waals surface area contributed by atoms with Crippen LogP contribution in [-0.2, 0) is 19.1 Å². The number of carbonyl (C=O) groups excluding carboxylic acids is 2. The number of hydrogen-bond acceptors (Lipinski definition) is 7. The molecule has 7 heteroatoms. The van der Waals surface area contributed by atoms with Crippen LogP contribution in [0.3, 0.4) is 0 Å². The quantitative estimate of drug-likeness (QED) is 0.195. The molecule has 1 aliphatic carbocycles. The fourth-order valence-corrected chi connectivity index (χ4v) is 4.68. The highest BCUT2D eigenvalue weighted by Crippen LogP contribution is 2.45. The summed E-state index contributed by atoms with van der Waals surface area (Å²) in [6.07, 6.45) is 10.2. The number of rotatable bonds is 14. The molecule has 2 unspecified atom stereocenters. The van der Waals surface area contributed by atoms with Crippen molar-refractivity contribution in [2.24, 2.45) is 10.8 Å². The first-order valence-electron chi connectivity index (χ1n) is 13.8. The Kier molecular flexibility index (Phi) is 26.4. The SMILES string of the molecule is C.CCCC(=O)OCCCCO.CCCCOC(=O)CCC.CNCC1(C)CC(NC)CC(C)(C)C1. The number of esters is 2. The highest BCUT2D eigenvalue weighted by Gasteiger charge is 2.40. The monoisotopic (exact) mass is 518 g/mol. The maximum Gasteiger partial charge on any atom is 0.305 e. The van der Waals surface area contributed by atoms with E-state index < -0.39 is 0 Å². The number of unbranched alkanes of at least 4 members (excludes halogenated alkanes) is 2. The molecule has 0 heterocycles. The zero-order valence-corrected chi connectivity index (χ0v) is 24.3. The van der Waals surface area contributed by atoms with Crippen molar-refractivity contribution >= 4 is 11.9 Å². The third-order valence-electron chi connectivity index (χ3n) is 5.94. The van der Waals surface area contributed by atoms with Crippen LogP contribution in [0.15, 0.2) is 0 Å². The average Bonchev–Trinajstić information content (AvgIpc) is 2.77. The predicted octanol–water partition coefficient (Wildman–Crippen LogP) is 5.88. The largest absolute Gasteiger partial charge is 0.466 e. The van der Waals surface area contributed by atoms with E-state index in [4.69, 9.17) is 14.6 Å². The second kappa shape index (κ2) is 24.2. The van der Waals surface area contributed by atoms with Crippen LogP contribution in [0.1, 0.15) is 120 Å². The summed E-state index contributed by atoms with van der Waals surface area (Å²) in [5.74, 6) is -0.193. The summed E-state index contributed by atoms with van der Waals surface area (Å²) in [4.78, 5) is 21.4. The molecule has 0 bridgehead atoms. The molecule has 3 N–H and O–H groups in total. The maximum absolute atomic E-state index is 10.7. The fourth-order valence-electron chi connectivity index (χ4n) is 4.68. The molecular weight excluding hydrogens is 456 g/mol. The Labute approximate surface area is 223 Å². The summed E-state index contributed by atoms with van der Waals surface area (Å²) in [5, 5.41) is 15.2. The van der Waals surface area contributed by atoms with Gasteiger partial charge in [-0.1, -0.05) is 55.4 Å². The molecule has 0 aromatic rings. The Hall–Kier alpha value is -1.18. The van der Waals surface area contributed by atoms with Crippen molar-refractivity contribution < 1.29 is 24.2 Å². The first kappa shape index (κ1) is 39.3. The molecule has 0 aliphatic heterocycles. The normalized spacial score (nSPS) is 20.0. The van der Waals surface area contributed by atoms with Crippen molar-refractivity contribution in [2.45, 2.75) is 126 Å². The summed E-state index contributed by atoms with van der Waals surface area (Å²) in [6.45, 7) is 15.5. The van der Waals surface area contributed by atoms with Crippen LogP contribution in [0.25, 0.3) is 0 Å². The zero-order valence-electron chi connectivity index (χ0n) is 24.3. The van der Waals surface area contributed by atoms with Crippen molar-refractivity contribution in [3.63, 3.8) is 0 Å². The lowest BCUT2D eigenvalue weighted by atomic mass is 9.62. The van der Waals surface area contributed by atoms with Crippen molar-refractivity contribution in [1.82, 2.24) is 10.6 Å². The molecule has 1 fully saturated rings. The first-order chi connectivity index (χ1) is 16.5. The minimum absolute atomic E-state index is 0. The van der Waals surface area contributed by atoms with Crippen LogP contribution < -0.4 is 10.6 Å². The van der Waals surface area contributed by atoms with E-state index in [9.17, 15) is 9.59 Å². The number of aliphatic hydroxyl groups is 1. The number of nitrogens with one attached hydrogen (secondary N) is 2. The third-order valence-corrected chi connectivity index (χ3v) is 5.94. The van der Waals surface area contributed by atoms with E-state index in [1.54, 1.807) is 0 Å². The van der Waals surface area contributed by atoms with E-state index in [2.05, 4.69) is 52.4 Å². The van der Waals surface area contributed by atoms with Crippen molar-refractivity contribution in [3.8, 4) is 0 Å². The van der Waals surface area contributed by atoms with Gasteiger partial charge in [-0.3, -0.25) is 9.59 Å². The molecule has 1 saturated carbocycles. The predicted molar refractivity (Wildman–Crippen MR) is 152 cm³/mol. The zero-order chi connectivity index (χ0) is 27.2. The van der Waals surface area contributed by atoms with Crippen LogP contribution in [0.2, 0.25) is 0 Å². The van der Waals surface area contributed by atoms with Gasteiger partial charge in [-0.15, -0.1) is 0 Å². The van der Waals surface area contributed by atoms with Gasteiger partial charge in [0.25, 0.3) is 0 Å². The Morgan fingerprint density at radius 2 is 1.39 bits per heavy atom. The molecule has 7 nitrogen and oxygen atoms in total. The van der Waals surface area contributed by atoms with Gasteiger partial charge >= 0.3 is 11.9 Å². The highest BCUT2D eigenvalue weighted by molar-refractivity contribution is 5.69. The molecule has 0 spiro atoms. The molecule has 0 aromatic carbocycles. The molecular formula is C29H62N2O5. The molecule has 1 rings (SSSR count). The van der Waals surface area contributed by atoms with Gasteiger partial charge in [0, 0.05) is 32.0 Å². The van der Waals surface area contributed by atoms with Gasteiger partial charge in [-0.05, 0) is 76.3 Å². The van der Waals surface area contributed by atoms with Crippen LogP contribution in [-0.4, -0.2) is 63.5 Å². The van der Waals surface area contributed by atoms with E-state index >= 15 is 0 Å². The standard InChI is InChI=1S/C12H26N2.C8H16O3.C8H16O2.CH4/c1-11(2)6-10(14-5)7-12(3,8-11)9-13-4;1-2-5-8(10)11-7-4-3-6-9;1-3-5-7-10-8(9)6-4-2;/h10,13-14H,6-9H2,1-5H3;9H,2-7H2,1H3;3-7H2,1-2H3;1H4. The van der Waals surface area contributed by atoms with Gasteiger partial charge in [-0.25, -0.2) is 0 Å². The molecule has 0 aromatic heterocycles. The first-order valence-corrected chi connectivity index (χ1v) is 13.8. The Balaban J connectivity index is -0.000000456. The summed E-state index contributed by atoms with van der Waals surface area (Å²) >= 11 is 0. The third kappa shape index (κ3) is 23.2. The smallest absolute Gasteiger partial charge is 0.305 e. The summed E-state index contributed by atoms with van der Waals surface area (Å²) in [5.41, 5.74) is 0.946. The van der Waals surface area contributed by atoms with Crippen molar-refractivity contribution in [3.05, 3.63) is 0 Å². The molecule has 2 atom stereocenters. The molecule has 218 valence electrons. The lowest BCUT2D eigenvalue weighted by molar-refractivity contribution is -0.144. The lowest BCUT2D eigenvalue weighted by Gasteiger charge is -2.46. The van der Waals surface area contributed by atoms with Gasteiger partial charge in [0.05, 0.1) is 13.2 Å². The average molecular weight is 519 g/mol.